The monoisotopic (exact) mass is 409 g/mol. The van der Waals surface area contributed by atoms with Crippen molar-refractivity contribution in [3.05, 3.63) is 96.3 Å². The number of hydrogen-bond acceptors (Lipinski definition) is 5. The molecule has 146 valence electrons. The summed E-state index contributed by atoms with van der Waals surface area (Å²) in [5, 5.41) is 9.84. The van der Waals surface area contributed by atoms with Gasteiger partial charge in [0, 0.05) is 17.0 Å². The fraction of sp³-hybridized carbons (Fsp3) is 0.0833. The van der Waals surface area contributed by atoms with E-state index in [0.717, 1.165) is 44.7 Å². The average Bonchev–Trinajstić information content (AvgIpc) is 3.23. The van der Waals surface area contributed by atoms with Gasteiger partial charge in [-0.05, 0) is 31.2 Å². The molecule has 2 aromatic heterocycles. The van der Waals surface area contributed by atoms with Crippen LogP contribution in [0.2, 0.25) is 0 Å². The van der Waals surface area contributed by atoms with Crippen LogP contribution in [0.15, 0.2) is 90.1 Å². The van der Waals surface area contributed by atoms with Crippen LogP contribution in [0.5, 0.6) is 0 Å². The molecule has 5 rings (SSSR count). The Labute approximate surface area is 178 Å². The number of benzene rings is 3. The highest BCUT2D eigenvalue weighted by atomic mass is 32.2. The maximum atomic E-state index is 4.82. The molecule has 0 bridgehead atoms. The van der Waals surface area contributed by atoms with E-state index in [1.54, 1.807) is 11.8 Å². The molecule has 0 N–H and O–H groups in total. The average molecular weight is 410 g/mol. The molecule has 0 aliphatic rings. The molecule has 0 radical (unpaired) electrons. The van der Waals surface area contributed by atoms with Gasteiger partial charge in [0.25, 0.3) is 0 Å². The van der Waals surface area contributed by atoms with E-state index in [1.165, 1.54) is 0 Å². The van der Waals surface area contributed by atoms with Crippen LogP contribution >= 0.6 is 11.8 Å². The molecular weight excluding hydrogens is 390 g/mol. The largest absolute Gasteiger partial charge is 0.270 e. The molecule has 2 heterocycles. The van der Waals surface area contributed by atoms with Gasteiger partial charge < -0.3 is 0 Å². The number of hydrogen-bond donors (Lipinski definition) is 0. The predicted octanol–water partition coefficient (Wildman–Crippen LogP) is 5.48. The van der Waals surface area contributed by atoms with Gasteiger partial charge >= 0.3 is 0 Å². The normalized spacial score (nSPS) is 11.1. The number of thioether (sulfide) groups is 1. The highest BCUT2D eigenvalue weighted by Crippen LogP contribution is 2.30. The van der Waals surface area contributed by atoms with Crippen LogP contribution in [-0.2, 0) is 5.75 Å². The van der Waals surface area contributed by atoms with Crippen molar-refractivity contribution in [1.29, 1.82) is 0 Å². The first-order valence-electron chi connectivity index (χ1n) is 9.71. The molecule has 6 heteroatoms. The zero-order chi connectivity index (χ0) is 20.3. The minimum Gasteiger partial charge on any atom is -0.270 e. The Hall–Kier alpha value is -3.51. The Bertz CT molecular complexity index is 1300. The zero-order valence-corrected chi connectivity index (χ0v) is 17.3. The van der Waals surface area contributed by atoms with E-state index in [1.807, 2.05) is 67.6 Å². The quantitative estimate of drug-likeness (QED) is 0.360. The number of fused-ring (bicyclic) bond motifs is 1. The van der Waals surface area contributed by atoms with Crippen LogP contribution in [0, 0.1) is 6.92 Å². The lowest BCUT2D eigenvalue weighted by atomic mass is 10.2. The number of aromatic nitrogens is 5. The van der Waals surface area contributed by atoms with Crippen molar-refractivity contribution in [2.24, 2.45) is 0 Å². The second-order valence-electron chi connectivity index (χ2n) is 6.88. The number of para-hydroxylation sites is 3. The summed E-state index contributed by atoms with van der Waals surface area (Å²) in [5.41, 5.74) is 5.79. The second-order valence-corrected chi connectivity index (χ2v) is 7.82. The van der Waals surface area contributed by atoms with Crippen molar-refractivity contribution >= 4 is 22.8 Å². The number of rotatable bonds is 5. The first kappa shape index (κ1) is 18.5. The third-order valence-electron chi connectivity index (χ3n) is 4.86. The minimum absolute atomic E-state index is 0.670. The molecule has 5 nitrogen and oxygen atoms in total. The zero-order valence-electron chi connectivity index (χ0n) is 16.4. The van der Waals surface area contributed by atoms with Crippen molar-refractivity contribution in [2.75, 3.05) is 0 Å². The summed E-state index contributed by atoms with van der Waals surface area (Å²) in [5.74, 6) is 1.49. The third-order valence-corrected chi connectivity index (χ3v) is 5.80. The highest BCUT2D eigenvalue weighted by Gasteiger charge is 2.17. The van der Waals surface area contributed by atoms with Crippen LogP contribution < -0.4 is 0 Å². The molecule has 0 atom stereocenters. The Morgan fingerprint density at radius 3 is 2.10 bits per heavy atom. The highest BCUT2D eigenvalue weighted by molar-refractivity contribution is 7.98. The lowest BCUT2D eigenvalue weighted by Gasteiger charge is -2.11. The van der Waals surface area contributed by atoms with Crippen LogP contribution in [0.3, 0.4) is 0 Å². The van der Waals surface area contributed by atoms with Gasteiger partial charge in [-0.1, -0.05) is 72.4 Å². The molecule has 0 fully saturated rings. The summed E-state index contributed by atoms with van der Waals surface area (Å²) in [6, 6.07) is 28.3. The van der Waals surface area contributed by atoms with Gasteiger partial charge in [0.15, 0.2) is 11.0 Å². The van der Waals surface area contributed by atoms with Gasteiger partial charge in [-0.3, -0.25) is 4.57 Å². The van der Waals surface area contributed by atoms with Gasteiger partial charge in [-0.2, -0.15) is 0 Å². The van der Waals surface area contributed by atoms with E-state index in [9.17, 15) is 0 Å². The van der Waals surface area contributed by atoms with Crippen molar-refractivity contribution in [2.45, 2.75) is 17.8 Å². The predicted molar refractivity (Wildman–Crippen MR) is 121 cm³/mol. The summed E-state index contributed by atoms with van der Waals surface area (Å²) < 4.78 is 2.10. The van der Waals surface area contributed by atoms with E-state index in [2.05, 4.69) is 39.0 Å². The topological polar surface area (TPSA) is 56.5 Å². The SMILES string of the molecule is Cc1nc2ccccc2nc1CSc1nnc(-c2ccccc2)n1-c1ccccc1. The van der Waals surface area contributed by atoms with Crippen LogP contribution in [0.25, 0.3) is 28.1 Å². The fourth-order valence-electron chi connectivity index (χ4n) is 3.34. The summed E-state index contributed by atoms with van der Waals surface area (Å²) in [6.45, 7) is 2.01. The number of aryl methyl sites for hydroxylation is 1. The Kier molecular flexibility index (Phi) is 4.99. The summed E-state index contributed by atoms with van der Waals surface area (Å²) >= 11 is 1.62. The van der Waals surface area contributed by atoms with Gasteiger partial charge in [0.1, 0.15) is 0 Å². The van der Waals surface area contributed by atoms with Gasteiger partial charge in [0.05, 0.1) is 22.4 Å². The first-order valence-corrected chi connectivity index (χ1v) is 10.7. The smallest absolute Gasteiger partial charge is 0.196 e. The molecule has 30 heavy (non-hydrogen) atoms. The van der Waals surface area contributed by atoms with Crippen molar-refractivity contribution in [3.63, 3.8) is 0 Å². The Morgan fingerprint density at radius 2 is 1.37 bits per heavy atom. The summed E-state index contributed by atoms with van der Waals surface area (Å²) in [7, 11) is 0. The lowest BCUT2D eigenvalue weighted by Crippen LogP contribution is -2.01. The summed E-state index contributed by atoms with van der Waals surface area (Å²) in [6.07, 6.45) is 0. The van der Waals surface area contributed by atoms with Gasteiger partial charge in [-0.25, -0.2) is 9.97 Å². The number of nitrogens with zero attached hydrogens (tertiary/aromatic N) is 5. The first-order chi connectivity index (χ1) is 14.8. The molecule has 0 spiro atoms. The summed E-state index contributed by atoms with van der Waals surface area (Å²) in [4.78, 5) is 9.52. The lowest BCUT2D eigenvalue weighted by molar-refractivity contribution is 0.884. The Balaban J connectivity index is 1.52. The Morgan fingerprint density at radius 1 is 0.733 bits per heavy atom. The second kappa shape index (κ2) is 8.08. The van der Waals surface area contributed by atoms with Crippen LogP contribution in [0.4, 0.5) is 0 Å². The maximum Gasteiger partial charge on any atom is 0.196 e. The molecule has 0 amide bonds. The van der Waals surface area contributed by atoms with Gasteiger partial charge in [0.2, 0.25) is 0 Å². The molecular formula is C24H19N5S. The maximum absolute atomic E-state index is 4.82. The van der Waals surface area contributed by atoms with E-state index >= 15 is 0 Å². The molecule has 0 saturated carbocycles. The van der Waals surface area contributed by atoms with Crippen LogP contribution in [0.1, 0.15) is 11.4 Å². The van der Waals surface area contributed by atoms with Crippen molar-refractivity contribution < 1.29 is 0 Å². The van der Waals surface area contributed by atoms with Crippen molar-refractivity contribution in [3.8, 4) is 17.1 Å². The molecule has 0 saturated heterocycles. The van der Waals surface area contributed by atoms with Crippen LogP contribution in [-0.4, -0.2) is 24.7 Å². The van der Waals surface area contributed by atoms with E-state index in [4.69, 9.17) is 9.97 Å². The molecule has 5 aromatic rings. The standard InChI is InChI=1S/C24H19N5S/c1-17-22(26-21-15-9-8-14-20(21)25-17)16-30-24-28-27-23(18-10-4-2-5-11-18)29(24)19-12-6-3-7-13-19/h2-15H,16H2,1H3. The fourth-order valence-corrected chi connectivity index (χ4v) is 4.30. The van der Waals surface area contributed by atoms with Gasteiger partial charge in [-0.15, -0.1) is 10.2 Å². The van der Waals surface area contributed by atoms with Crippen molar-refractivity contribution in [1.82, 2.24) is 24.7 Å². The van der Waals surface area contributed by atoms with E-state index < -0.39 is 0 Å². The van der Waals surface area contributed by atoms with E-state index in [-0.39, 0.29) is 0 Å². The molecule has 3 aromatic carbocycles. The third kappa shape index (κ3) is 3.57. The molecule has 0 aliphatic carbocycles. The minimum atomic E-state index is 0.670. The molecule has 0 aliphatic heterocycles. The molecule has 0 unspecified atom stereocenters. The van der Waals surface area contributed by atoms with E-state index in [0.29, 0.717) is 5.75 Å².